The number of rotatable bonds is 12. The molecular formula is C23H32N2O2. The van der Waals surface area contributed by atoms with Crippen LogP contribution >= 0.6 is 0 Å². The van der Waals surface area contributed by atoms with Gasteiger partial charge in [0.2, 0.25) is 0 Å². The Bertz CT molecular complexity index is 683. The first kappa shape index (κ1) is 21.0. The van der Waals surface area contributed by atoms with Crippen molar-refractivity contribution in [2.45, 2.75) is 64.9 Å². The zero-order valence-electron chi connectivity index (χ0n) is 16.3. The monoisotopic (exact) mass is 368 g/mol. The summed E-state index contributed by atoms with van der Waals surface area (Å²) in [6, 6.07) is 15.2. The van der Waals surface area contributed by atoms with Crippen LogP contribution in [-0.2, 0) is 13.0 Å². The van der Waals surface area contributed by atoms with Gasteiger partial charge in [-0.1, -0.05) is 75.8 Å². The number of nitrogens with one attached hydrogen (secondary N) is 2. The number of carbonyl (C=O) groups is 1. The second kappa shape index (κ2) is 12.1. The molecule has 4 nitrogen and oxygen atoms in total. The van der Waals surface area contributed by atoms with E-state index in [1.807, 2.05) is 12.1 Å². The molecule has 4 heteroatoms. The molecule has 0 aliphatic heterocycles. The summed E-state index contributed by atoms with van der Waals surface area (Å²) in [5, 5.41) is 9.33. The van der Waals surface area contributed by atoms with Gasteiger partial charge >= 0.3 is 0 Å². The zero-order valence-corrected chi connectivity index (χ0v) is 16.3. The molecule has 0 saturated carbocycles. The maximum Gasteiger partial charge on any atom is 0.269 e. The Balaban J connectivity index is 1.71. The summed E-state index contributed by atoms with van der Waals surface area (Å²) in [6.07, 6.45) is 10.3. The molecule has 27 heavy (non-hydrogen) atoms. The highest BCUT2D eigenvalue weighted by Crippen LogP contribution is 2.14. The van der Waals surface area contributed by atoms with E-state index in [2.05, 4.69) is 29.9 Å². The van der Waals surface area contributed by atoms with E-state index in [0.717, 1.165) is 12.1 Å². The lowest BCUT2D eigenvalue weighted by molar-refractivity contribution is 0.0959. The van der Waals surface area contributed by atoms with Crippen LogP contribution in [0.15, 0.2) is 48.5 Å². The van der Waals surface area contributed by atoms with E-state index in [9.17, 15) is 9.90 Å². The second-order valence-corrected chi connectivity index (χ2v) is 6.96. The standard InChI is InChI=1S/C23H32N2O2/c1-2-3-4-5-6-7-8-11-19-14-16-21(17-15-19)24-25-23(27)22-13-10-9-12-20(22)18-26/h9-10,12-17,24,26H,2-8,11,18H2,1H3,(H,25,27). The third-order valence-corrected chi connectivity index (χ3v) is 4.78. The van der Waals surface area contributed by atoms with E-state index in [4.69, 9.17) is 0 Å². The number of anilines is 1. The van der Waals surface area contributed by atoms with E-state index >= 15 is 0 Å². The van der Waals surface area contributed by atoms with Gasteiger partial charge in [-0.15, -0.1) is 0 Å². The van der Waals surface area contributed by atoms with Gasteiger partial charge in [0.05, 0.1) is 12.3 Å². The van der Waals surface area contributed by atoms with Crippen LogP contribution in [0.2, 0.25) is 0 Å². The average molecular weight is 369 g/mol. The Kier molecular flexibility index (Phi) is 9.42. The van der Waals surface area contributed by atoms with Crippen molar-refractivity contribution >= 4 is 11.6 Å². The fourth-order valence-electron chi connectivity index (χ4n) is 3.12. The quantitative estimate of drug-likeness (QED) is 0.355. The number of aliphatic hydroxyl groups is 1. The number of aliphatic hydroxyl groups excluding tert-OH is 1. The van der Waals surface area contributed by atoms with Crippen LogP contribution in [0.4, 0.5) is 5.69 Å². The molecule has 0 spiro atoms. The predicted molar refractivity (Wildman–Crippen MR) is 112 cm³/mol. The fourth-order valence-corrected chi connectivity index (χ4v) is 3.12. The molecule has 146 valence electrons. The lowest BCUT2D eigenvalue weighted by atomic mass is 10.0. The Morgan fingerprint density at radius 2 is 1.56 bits per heavy atom. The lowest BCUT2D eigenvalue weighted by Gasteiger charge is -2.11. The Morgan fingerprint density at radius 3 is 2.26 bits per heavy atom. The molecule has 0 bridgehead atoms. The Morgan fingerprint density at radius 1 is 0.889 bits per heavy atom. The van der Waals surface area contributed by atoms with Gasteiger partial charge in [-0.2, -0.15) is 0 Å². The summed E-state index contributed by atoms with van der Waals surface area (Å²) in [5.74, 6) is -0.258. The van der Waals surface area contributed by atoms with Crippen LogP contribution in [0, 0.1) is 0 Å². The molecule has 0 aromatic heterocycles. The molecule has 2 aromatic rings. The largest absolute Gasteiger partial charge is 0.392 e. The molecule has 0 heterocycles. The van der Waals surface area contributed by atoms with Gasteiger partial charge < -0.3 is 5.11 Å². The molecule has 2 aromatic carbocycles. The molecule has 0 unspecified atom stereocenters. The molecular weight excluding hydrogens is 336 g/mol. The number of hydrogen-bond acceptors (Lipinski definition) is 3. The summed E-state index contributed by atoms with van der Waals surface area (Å²) in [6.45, 7) is 2.09. The molecule has 1 amide bonds. The van der Waals surface area contributed by atoms with E-state index in [-0.39, 0.29) is 12.5 Å². The van der Waals surface area contributed by atoms with Crippen molar-refractivity contribution in [1.29, 1.82) is 0 Å². The van der Waals surface area contributed by atoms with Crippen molar-refractivity contribution in [3.63, 3.8) is 0 Å². The maximum absolute atomic E-state index is 12.2. The zero-order chi connectivity index (χ0) is 19.3. The van der Waals surface area contributed by atoms with Crippen LogP contribution in [0.25, 0.3) is 0 Å². The summed E-state index contributed by atoms with van der Waals surface area (Å²) >= 11 is 0. The van der Waals surface area contributed by atoms with Gasteiger partial charge in [0.25, 0.3) is 5.91 Å². The molecule has 3 N–H and O–H groups in total. The lowest BCUT2D eigenvalue weighted by Crippen LogP contribution is -2.30. The van der Waals surface area contributed by atoms with E-state index in [0.29, 0.717) is 11.1 Å². The smallest absolute Gasteiger partial charge is 0.269 e. The van der Waals surface area contributed by atoms with Crippen molar-refractivity contribution in [2.75, 3.05) is 5.43 Å². The van der Waals surface area contributed by atoms with Crippen LogP contribution in [0.3, 0.4) is 0 Å². The van der Waals surface area contributed by atoms with Gasteiger partial charge in [0.1, 0.15) is 0 Å². The SMILES string of the molecule is CCCCCCCCCc1ccc(NNC(=O)c2ccccc2CO)cc1. The van der Waals surface area contributed by atoms with Gasteiger partial charge in [-0.3, -0.25) is 15.6 Å². The number of hydrogen-bond donors (Lipinski definition) is 3. The van der Waals surface area contributed by atoms with Crippen molar-refractivity contribution < 1.29 is 9.90 Å². The minimum atomic E-state index is -0.258. The topological polar surface area (TPSA) is 61.4 Å². The number of benzene rings is 2. The number of hydrazine groups is 1. The van der Waals surface area contributed by atoms with Gasteiger partial charge in [0.15, 0.2) is 0 Å². The van der Waals surface area contributed by atoms with Crippen molar-refractivity contribution in [1.82, 2.24) is 5.43 Å². The molecule has 0 saturated heterocycles. The third-order valence-electron chi connectivity index (χ3n) is 4.78. The third kappa shape index (κ3) is 7.43. The first-order chi connectivity index (χ1) is 13.2. The fraction of sp³-hybridized carbons (Fsp3) is 0.435. The number of unbranched alkanes of at least 4 members (excludes halogenated alkanes) is 6. The van der Waals surface area contributed by atoms with Crippen LogP contribution in [-0.4, -0.2) is 11.0 Å². The Hall–Kier alpha value is -2.33. The summed E-state index contributed by atoms with van der Waals surface area (Å²) < 4.78 is 0. The highest BCUT2D eigenvalue weighted by Gasteiger charge is 2.09. The van der Waals surface area contributed by atoms with Crippen molar-refractivity contribution in [3.8, 4) is 0 Å². The molecule has 0 fully saturated rings. The predicted octanol–water partition coefficient (Wildman–Crippen LogP) is 5.23. The van der Waals surface area contributed by atoms with Gasteiger partial charge in [0, 0.05) is 5.56 Å². The van der Waals surface area contributed by atoms with Crippen LogP contribution < -0.4 is 10.9 Å². The molecule has 0 aliphatic carbocycles. The average Bonchev–Trinajstić information content (AvgIpc) is 2.72. The first-order valence-electron chi connectivity index (χ1n) is 10.1. The van der Waals surface area contributed by atoms with Gasteiger partial charge in [-0.25, -0.2) is 0 Å². The summed E-state index contributed by atoms with van der Waals surface area (Å²) in [4.78, 5) is 12.2. The minimum absolute atomic E-state index is 0.156. The summed E-state index contributed by atoms with van der Waals surface area (Å²) in [7, 11) is 0. The first-order valence-corrected chi connectivity index (χ1v) is 10.1. The van der Waals surface area contributed by atoms with Crippen LogP contribution in [0.1, 0.15) is 73.4 Å². The highest BCUT2D eigenvalue weighted by atomic mass is 16.3. The number of carbonyl (C=O) groups excluding carboxylic acids is 1. The molecule has 2 rings (SSSR count). The molecule has 0 aliphatic rings. The molecule has 0 atom stereocenters. The number of aryl methyl sites for hydroxylation is 1. The highest BCUT2D eigenvalue weighted by molar-refractivity contribution is 5.96. The van der Waals surface area contributed by atoms with Gasteiger partial charge in [-0.05, 0) is 42.2 Å². The normalized spacial score (nSPS) is 10.6. The number of amides is 1. The van der Waals surface area contributed by atoms with Crippen molar-refractivity contribution in [2.24, 2.45) is 0 Å². The van der Waals surface area contributed by atoms with E-state index in [1.165, 1.54) is 50.5 Å². The van der Waals surface area contributed by atoms with E-state index < -0.39 is 0 Å². The van der Waals surface area contributed by atoms with E-state index in [1.54, 1.807) is 24.3 Å². The maximum atomic E-state index is 12.2. The molecule has 0 radical (unpaired) electrons. The Labute approximate surface area is 163 Å². The van der Waals surface area contributed by atoms with Crippen molar-refractivity contribution in [3.05, 3.63) is 65.2 Å². The minimum Gasteiger partial charge on any atom is -0.392 e. The second-order valence-electron chi connectivity index (χ2n) is 6.96. The summed E-state index contributed by atoms with van der Waals surface area (Å²) in [5.41, 5.74) is 8.88. The van der Waals surface area contributed by atoms with Crippen LogP contribution in [0.5, 0.6) is 0 Å².